The highest BCUT2D eigenvalue weighted by atomic mass is 35.5. The average molecular weight is 251 g/mol. The van der Waals surface area contributed by atoms with Gasteiger partial charge in [0.25, 0.3) is 0 Å². The second-order valence-electron chi connectivity index (χ2n) is 2.65. The molecular formula is C7H11ClN4O4. The van der Waals surface area contributed by atoms with E-state index in [1.54, 1.807) is 0 Å². The maximum absolute atomic E-state index is 11.2. The van der Waals surface area contributed by atoms with E-state index in [1.807, 2.05) is 0 Å². The molecule has 0 aliphatic rings. The highest BCUT2D eigenvalue weighted by Crippen LogP contribution is 2.12. The van der Waals surface area contributed by atoms with Crippen molar-refractivity contribution in [2.24, 2.45) is 5.73 Å². The average Bonchev–Trinajstić information content (AvgIpc) is 2.61. The SMILES string of the molecule is COC(=O)c1cc([N+](=O)[O-])nn1CCN.Cl. The number of carbonyl (C=O) groups excluding carboxylic acids is 1. The Bertz CT molecular complexity index is 392. The Morgan fingerprint density at radius 1 is 1.75 bits per heavy atom. The summed E-state index contributed by atoms with van der Waals surface area (Å²) in [7, 11) is 1.19. The summed E-state index contributed by atoms with van der Waals surface area (Å²) in [6, 6.07) is 1.06. The summed E-state index contributed by atoms with van der Waals surface area (Å²) in [5.41, 5.74) is 5.30. The van der Waals surface area contributed by atoms with Gasteiger partial charge in [-0.05, 0) is 4.92 Å². The fraction of sp³-hybridized carbons (Fsp3) is 0.429. The van der Waals surface area contributed by atoms with E-state index in [1.165, 1.54) is 7.11 Å². The van der Waals surface area contributed by atoms with Crippen molar-refractivity contribution < 1.29 is 14.5 Å². The number of nitrogens with zero attached hydrogens (tertiary/aromatic N) is 3. The van der Waals surface area contributed by atoms with Crippen LogP contribution >= 0.6 is 12.4 Å². The second-order valence-corrected chi connectivity index (χ2v) is 2.65. The molecule has 0 amide bonds. The molecule has 0 aromatic carbocycles. The van der Waals surface area contributed by atoms with E-state index in [0.717, 1.165) is 10.7 Å². The number of esters is 1. The van der Waals surface area contributed by atoms with Gasteiger partial charge < -0.3 is 20.6 Å². The second kappa shape index (κ2) is 6.03. The summed E-state index contributed by atoms with van der Waals surface area (Å²) in [5, 5.41) is 14.0. The quantitative estimate of drug-likeness (QED) is 0.456. The van der Waals surface area contributed by atoms with Crippen LogP contribution in [-0.2, 0) is 11.3 Å². The number of carbonyl (C=O) groups is 1. The molecule has 2 N–H and O–H groups in total. The third-order valence-electron chi connectivity index (χ3n) is 1.69. The van der Waals surface area contributed by atoms with E-state index < -0.39 is 16.7 Å². The van der Waals surface area contributed by atoms with Gasteiger partial charge >= 0.3 is 11.8 Å². The van der Waals surface area contributed by atoms with Gasteiger partial charge in [0.1, 0.15) is 0 Å². The third-order valence-corrected chi connectivity index (χ3v) is 1.69. The summed E-state index contributed by atoms with van der Waals surface area (Å²) in [4.78, 5) is 20.9. The lowest BCUT2D eigenvalue weighted by atomic mass is 10.4. The minimum Gasteiger partial charge on any atom is -0.464 e. The molecule has 0 aliphatic heterocycles. The lowest BCUT2D eigenvalue weighted by Gasteiger charge is -1.98. The van der Waals surface area contributed by atoms with Gasteiger partial charge in [0.15, 0.2) is 5.69 Å². The Kier molecular flexibility index (Phi) is 5.40. The number of halogens is 1. The fourth-order valence-corrected chi connectivity index (χ4v) is 1.05. The van der Waals surface area contributed by atoms with Crippen LogP contribution in [0.3, 0.4) is 0 Å². The zero-order valence-electron chi connectivity index (χ0n) is 8.45. The Balaban J connectivity index is 0.00000225. The summed E-state index contributed by atoms with van der Waals surface area (Å²) in [6.45, 7) is 0.446. The van der Waals surface area contributed by atoms with Gasteiger partial charge in [-0.25, -0.2) is 4.79 Å². The molecule has 0 unspecified atom stereocenters. The van der Waals surface area contributed by atoms with Crippen molar-refractivity contribution >= 4 is 24.2 Å². The van der Waals surface area contributed by atoms with Crippen LogP contribution in [0.2, 0.25) is 0 Å². The highest BCUT2D eigenvalue weighted by molar-refractivity contribution is 5.88. The van der Waals surface area contributed by atoms with Gasteiger partial charge in [-0.15, -0.1) is 12.4 Å². The number of nitro groups is 1. The van der Waals surface area contributed by atoms with E-state index in [9.17, 15) is 14.9 Å². The number of hydrogen-bond acceptors (Lipinski definition) is 6. The lowest BCUT2D eigenvalue weighted by Crippen LogP contribution is -2.17. The number of methoxy groups -OCH3 is 1. The molecule has 16 heavy (non-hydrogen) atoms. The van der Waals surface area contributed by atoms with E-state index in [0.29, 0.717) is 0 Å². The van der Waals surface area contributed by atoms with E-state index in [2.05, 4.69) is 9.84 Å². The van der Waals surface area contributed by atoms with E-state index in [-0.39, 0.29) is 31.2 Å². The fourth-order valence-electron chi connectivity index (χ4n) is 1.05. The topological polar surface area (TPSA) is 113 Å². The minimum atomic E-state index is -0.681. The van der Waals surface area contributed by atoms with Gasteiger partial charge in [-0.1, -0.05) is 0 Å². The number of rotatable bonds is 4. The van der Waals surface area contributed by atoms with Crippen molar-refractivity contribution in [1.29, 1.82) is 0 Å². The normalized spacial score (nSPS) is 9.38. The van der Waals surface area contributed by atoms with Crippen molar-refractivity contribution in [2.45, 2.75) is 6.54 Å². The van der Waals surface area contributed by atoms with Gasteiger partial charge in [0, 0.05) is 6.54 Å². The Morgan fingerprint density at radius 3 is 2.81 bits per heavy atom. The van der Waals surface area contributed by atoms with Gasteiger partial charge in [0.05, 0.1) is 24.8 Å². The van der Waals surface area contributed by atoms with Crippen molar-refractivity contribution in [2.75, 3.05) is 13.7 Å². The van der Waals surface area contributed by atoms with Crippen LogP contribution < -0.4 is 5.73 Å². The van der Waals surface area contributed by atoms with Crippen LogP contribution in [-0.4, -0.2) is 34.3 Å². The number of nitrogens with two attached hydrogens (primary N) is 1. The minimum absolute atomic E-state index is 0. The first-order valence-corrected chi connectivity index (χ1v) is 4.10. The number of aromatic nitrogens is 2. The predicted molar refractivity (Wildman–Crippen MR) is 56.5 cm³/mol. The standard InChI is InChI=1S/C7H10N4O4.ClH/c1-15-7(12)5-4-6(11(13)14)9-10(5)3-2-8;/h4H,2-3,8H2,1H3;1H. The summed E-state index contributed by atoms with van der Waals surface area (Å²) >= 11 is 0. The molecule has 0 spiro atoms. The highest BCUT2D eigenvalue weighted by Gasteiger charge is 2.23. The van der Waals surface area contributed by atoms with E-state index in [4.69, 9.17) is 5.73 Å². The van der Waals surface area contributed by atoms with Gasteiger partial charge in [-0.2, -0.15) is 4.68 Å². The number of hydrogen-bond donors (Lipinski definition) is 1. The number of ether oxygens (including phenoxy) is 1. The van der Waals surface area contributed by atoms with Crippen LogP contribution in [0.4, 0.5) is 5.82 Å². The zero-order valence-corrected chi connectivity index (χ0v) is 9.27. The van der Waals surface area contributed by atoms with Gasteiger partial charge in [0.2, 0.25) is 0 Å². The molecule has 1 heterocycles. The molecule has 0 saturated heterocycles. The van der Waals surface area contributed by atoms with Crippen LogP contribution in [0.5, 0.6) is 0 Å². The first-order valence-electron chi connectivity index (χ1n) is 4.10. The molecule has 0 aliphatic carbocycles. The van der Waals surface area contributed by atoms with Crippen molar-refractivity contribution in [3.8, 4) is 0 Å². The molecule has 1 rings (SSSR count). The van der Waals surface area contributed by atoms with Crippen LogP contribution in [0, 0.1) is 10.1 Å². The first-order chi connectivity index (χ1) is 7.10. The summed E-state index contributed by atoms with van der Waals surface area (Å²) < 4.78 is 5.61. The molecule has 0 bridgehead atoms. The van der Waals surface area contributed by atoms with Crippen molar-refractivity contribution in [3.05, 3.63) is 21.9 Å². The van der Waals surface area contributed by atoms with Gasteiger partial charge in [-0.3, -0.25) is 0 Å². The smallest absolute Gasteiger partial charge is 0.390 e. The molecule has 8 nitrogen and oxygen atoms in total. The summed E-state index contributed by atoms with van der Waals surface area (Å²) in [6.07, 6.45) is 0. The maximum atomic E-state index is 11.2. The predicted octanol–water partition coefficient (Wildman–Crippen LogP) is -0.0416. The van der Waals surface area contributed by atoms with Crippen LogP contribution in [0.25, 0.3) is 0 Å². The van der Waals surface area contributed by atoms with Crippen LogP contribution in [0.15, 0.2) is 6.07 Å². The molecule has 0 radical (unpaired) electrons. The summed E-state index contributed by atoms with van der Waals surface area (Å²) in [5.74, 6) is -1.08. The van der Waals surface area contributed by atoms with E-state index >= 15 is 0 Å². The Labute approximate surface area is 96.9 Å². The maximum Gasteiger partial charge on any atom is 0.390 e. The molecule has 0 atom stereocenters. The first kappa shape index (κ1) is 14.3. The monoisotopic (exact) mass is 250 g/mol. The molecule has 0 fully saturated rings. The molecule has 9 heteroatoms. The van der Waals surface area contributed by atoms with Crippen molar-refractivity contribution in [1.82, 2.24) is 9.78 Å². The zero-order chi connectivity index (χ0) is 11.4. The lowest BCUT2D eigenvalue weighted by molar-refractivity contribution is -0.389. The Hall–Kier alpha value is -1.67. The molecular weight excluding hydrogens is 240 g/mol. The molecule has 0 saturated carbocycles. The Morgan fingerprint density at radius 2 is 2.38 bits per heavy atom. The van der Waals surface area contributed by atoms with Crippen molar-refractivity contribution in [3.63, 3.8) is 0 Å². The largest absolute Gasteiger partial charge is 0.464 e. The molecule has 1 aromatic heterocycles. The third kappa shape index (κ3) is 2.91. The molecule has 1 aromatic rings. The molecule has 90 valence electrons. The van der Waals surface area contributed by atoms with Crippen LogP contribution in [0.1, 0.15) is 10.5 Å².